The van der Waals surface area contributed by atoms with Gasteiger partial charge in [0.2, 0.25) is 5.91 Å². The van der Waals surface area contributed by atoms with E-state index in [1.165, 1.54) is 0 Å². The summed E-state index contributed by atoms with van der Waals surface area (Å²) in [4.78, 5) is 13.3. The molecule has 18 heavy (non-hydrogen) atoms. The largest absolute Gasteiger partial charge is 0.367 e. The molecule has 0 spiro atoms. The van der Waals surface area contributed by atoms with Gasteiger partial charge in [0.25, 0.3) is 0 Å². The molecular formula is C13H21ClN2O2. The number of rotatable bonds is 6. The molecule has 1 aromatic carbocycles. The second-order valence-electron chi connectivity index (χ2n) is 4.07. The molecule has 2 N–H and O–H groups in total. The van der Waals surface area contributed by atoms with Crippen molar-refractivity contribution < 1.29 is 9.53 Å². The molecule has 0 saturated heterocycles. The van der Waals surface area contributed by atoms with Crippen molar-refractivity contribution >= 4 is 18.3 Å². The topological polar surface area (TPSA) is 55.6 Å². The van der Waals surface area contributed by atoms with E-state index >= 15 is 0 Å². The van der Waals surface area contributed by atoms with Crippen molar-refractivity contribution in [2.24, 2.45) is 5.73 Å². The predicted octanol–water partition coefficient (Wildman–Crippen LogP) is 1.43. The summed E-state index contributed by atoms with van der Waals surface area (Å²) in [6.07, 6.45) is 0. The molecule has 0 aromatic heterocycles. The van der Waals surface area contributed by atoms with Gasteiger partial charge in [-0.05, 0) is 12.5 Å². The minimum atomic E-state index is -0.0427. The Hall–Kier alpha value is -1.10. The van der Waals surface area contributed by atoms with Crippen LogP contribution in [0.2, 0.25) is 0 Å². The van der Waals surface area contributed by atoms with Gasteiger partial charge in [0.05, 0.1) is 6.61 Å². The third kappa shape index (κ3) is 5.49. The highest BCUT2D eigenvalue weighted by Gasteiger charge is 2.13. The number of likely N-dealkylation sites (N-methyl/N-ethyl adjacent to an activating group) is 1. The minimum Gasteiger partial charge on any atom is -0.367 e. The molecule has 0 aliphatic carbocycles. The Bertz CT molecular complexity index is 346. The highest BCUT2D eigenvalue weighted by atomic mass is 35.5. The lowest BCUT2D eigenvalue weighted by Crippen LogP contribution is -2.41. The molecule has 1 aromatic rings. The monoisotopic (exact) mass is 272 g/mol. The molecule has 102 valence electrons. The van der Waals surface area contributed by atoms with Crippen LogP contribution in [0.15, 0.2) is 30.3 Å². The van der Waals surface area contributed by atoms with Crippen LogP contribution in [0.4, 0.5) is 0 Å². The van der Waals surface area contributed by atoms with Gasteiger partial charge in [0.1, 0.15) is 6.61 Å². The second-order valence-corrected chi connectivity index (χ2v) is 4.07. The number of hydrogen-bond donors (Lipinski definition) is 1. The minimum absolute atomic E-state index is 0. The number of amides is 1. The van der Waals surface area contributed by atoms with Crippen molar-refractivity contribution in [1.82, 2.24) is 4.90 Å². The van der Waals surface area contributed by atoms with E-state index in [0.717, 1.165) is 5.56 Å². The summed E-state index contributed by atoms with van der Waals surface area (Å²) >= 11 is 0. The maximum absolute atomic E-state index is 11.7. The van der Waals surface area contributed by atoms with Gasteiger partial charge in [0.15, 0.2) is 0 Å². The predicted molar refractivity (Wildman–Crippen MR) is 74.6 cm³/mol. The summed E-state index contributed by atoms with van der Waals surface area (Å²) in [6, 6.07) is 9.83. The number of nitrogens with two attached hydrogens (primary N) is 1. The van der Waals surface area contributed by atoms with Gasteiger partial charge >= 0.3 is 0 Å². The normalized spacial score (nSPS) is 11.5. The lowest BCUT2D eigenvalue weighted by atomic mass is 10.2. The fourth-order valence-corrected chi connectivity index (χ4v) is 1.34. The molecular weight excluding hydrogens is 252 g/mol. The Balaban J connectivity index is 0.00000289. The van der Waals surface area contributed by atoms with Gasteiger partial charge in [-0.2, -0.15) is 0 Å². The molecule has 5 heteroatoms. The van der Waals surface area contributed by atoms with E-state index in [0.29, 0.717) is 13.2 Å². The smallest absolute Gasteiger partial charge is 0.248 e. The lowest BCUT2D eigenvalue weighted by Gasteiger charge is -2.23. The van der Waals surface area contributed by atoms with E-state index in [2.05, 4.69) is 0 Å². The van der Waals surface area contributed by atoms with Crippen LogP contribution < -0.4 is 5.73 Å². The summed E-state index contributed by atoms with van der Waals surface area (Å²) < 4.78 is 5.37. The first kappa shape index (κ1) is 16.9. The van der Waals surface area contributed by atoms with Gasteiger partial charge in [-0.1, -0.05) is 30.3 Å². The first-order valence-corrected chi connectivity index (χ1v) is 5.72. The third-order valence-electron chi connectivity index (χ3n) is 2.73. The van der Waals surface area contributed by atoms with Crippen LogP contribution in [-0.4, -0.2) is 37.0 Å². The Morgan fingerprint density at radius 1 is 1.39 bits per heavy atom. The summed E-state index contributed by atoms with van der Waals surface area (Å²) in [5, 5.41) is 0. The second kappa shape index (κ2) is 8.91. The fourth-order valence-electron chi connectivity index (χ4n) is 1.34. The van der Waals surface area contributed by atoms with Crippen LogP contribution >= 0.6 is 12.4 Å². The van der Waals surface area contributed by atoms with E-state index in [1.54, 1.807) is 11.9 Å². The average Bonchev–Trinajstić information content (AvgIpc) is 2.38. The van der Waals surface area contributed by atoms with E-state index in [1.807, 2.05) is 37.3 Å². The zero-order valence-corrected chi connectivity index (χ0v) is 11.7. The molecule has 0 radical (unpaired) electrons. The number of nitrogens with zero attached hydrogens (tertiary/aromatic N) is 1. The van der Waals surface area contributed by atoms with Crippen molar-refractivity contribution in [3.05, 3.63) is 35.9 Å². The van der Waals surface area contributed by atoms with Crippen molar-refractivity contribution in [3.63, 3.8) is 0 Å². The molecule has 1 atom stereocenters. The SMILES string of the molecule is CC(CN)N(C)C(=O)COCc1ccccc1.Cl. The molecule has 0 aliphatic rings. The molecule has 4 nitrogen and oxygen atoms in total. The Morgan fingerprint density at radius 3 is 2.56 bits per heavy atom. The van der Waals surface area contributed by atoms with Crippen LogP contribution in [0.1, 0.15) is 12.5 Å². The van der Waals surface area contributed by atoms with Crippen LogP contribution in [0.3, 0.4) is 0 Å². The van der Waals surface area contributed by atoms with E-state index in [4.69, 9.17) is 10.5 Å². The Kier molecular flexibility index (Phi) is 8.37. The van der Waals surface area contributed by atoms with Gasteiger partial charge in [0, 0.05) is 19.6 Å². The van der Waals surface area contributed by atoms with Crippen molar-refractivity contribution in [1.29, 1.82) is 0 Å². The zero-order valence-electron chi connectivity index (χ0n) is 10.8. The molecule has 0 saturated carbocycles. The summed E-state index contributed by atoms with van der Waals surface area (Å²) in [7, 11) is 1.74. The molecule has 1 unspecified atom stereocenters. The van der Waals surface area contributed by atoms with E-state index in [-0.39, 0.29) is 31.0 Å². The number of carbonyl (C=O) groups excluding carboxylic acids is 1. The van der Waals surface area contributed by atoms with Gasteiger partial charge < -0.3 is 15.4 Å². The first-order chi connectivity index (χ1) is 8.15. The van der Waals surface area contributed by atoms with Crippen LogP contribution in [0.25, 0.3) is 0 Å². The molecule has 0 bridgehead atoms. The Morgan fingerprint density at radius 2 is 2.00 bits per heavy atom. The summed E-state index contributed by atoms with van der Waals surface area (Å²) in [5.41, 5.74) is 6.56. The Labute approximate surface area is 115 Å². The number of ether oxygens (including phenoxy) is 1. The summed E-state index contributed by atoms with van der Waals surface area (Å²) in [5.74, 6) is -0.0427. The van der Waals surface area contributed by atoms with Crippen molar-refractivity contribution in [2.45, 2.75) is 19.6 Å². The van der Waals surface area contributed by atoms with E-state index < -0.39 is 0 Å². The van der Waals surface area contributed by atoms with Crippen molar-refractivity contribution in [3.8, 4) is 0 Å². The fraction of sp³-hybridized carbons (Fsp3) is 0.462. The molecule has 0 heterocycles. The van der Waals surface area contributed by atoms with Gasteiger partial charge in [-0.25, -0.2) is 0 Å². The highest BCUT2D eigenvalue weighted by molar-refractivity contribution is 5.85. The van der Waals surface area contributed by atoms with Crippen LogP contribution in [0, 0.1) is 0 Å². The lowest BCUT2D eigenvalue weighted by molar-refractivity contribution is -0.136. The maximum atomic E-state index is 11.7. The number of halogens is 1. The number of hydrogen-bond acceptors (Lipinski definition) is 3. The maximum Gasteiger partial charge on any atom is 0.248 e. The molecule has 1 rings (SSSR count). The van der Waals surface area contributed by atoms with Crippen LogP contribution in [-0.2, 0) is 16.1 Å². The molecule has 1 amide bonds. The molecule has 0 fully saturated rings. The van der Waals surface area contributed by atoms with Crippen LogP contribution in [0.5, 0.6) is 0 Å². The third-order valence-corrected chi connectivity index (χ3v) is 2.73. The van der Waals surface area contributed by atoms with Gasteiger partial charge in [-0.3, -0.25) is 4.79 Å². The number of benzene rings is 1. The van der Waals surface area contributed by atoms with E-state index in [9.17, 15) is 4.79 Å². The molecule has 0 aliphatic heterocycles. The average molecular weight is 273 g/mol. The first-order valence-electron chi connectivity index (χ1n) is 5.72. The summed E-state index contributed by atoms with van der Waals surface area (Å²) in [6.45, 7) is 2.92. The highest BCUT2D eigenvalue weighted by Crippen LogP contribution is 2.01. The van der Waals surface area contributed by atoms with Gasteiger partial charge in [-0.15, -0.1) is 12.4 Å². The van der Waals surface area contributed by atoms with Crippen molar-refractivity contribution in [2.75, 3.05) is 20.2 Å². The number of carbonyl (C=O) groups is 1. The standard InChI is InChI=1S/C13H20N2O2.ClH/c1-11(8-14)15(2)13(16)10-17-9-12-6-4-3-5-7-12;/h3-7,11H,8-10,14H2,1-2H3;1H. The zero-order chi connectivity index (χ0) is 12.7. The quantitative estimate of drug-likeness (QED) is 0.852.